The lowest BCUT2D eigenvalue weighted by Crippen LogP contribution is -2.49. The Balaban J connectivity index is 1.44. The van der Waals surface area contributed by atoms with Crippen molar-refractivity contribution in [1.82, 2.24) is 20.4 Å². The maximum Gasteiger partial charge on any atom is 0.409 e. The molecule has 0 unspecified atom stereocenters. The zero-order chi connectivity index (χ0) is 21.9. The molecule has 3 rings (SSSR count). The highest BCUT2D eigenvalue weighted by atomic mass is 16.6. The predicted octanol–water partition coefficient (Wildman–Crippen LogP) is 3.35. The molecule has 7 nitrogen and oxygen atoms in total. The first-order chi connectivity index (χ1) is 15.2. The number of guanidine groups is 1. The van der Waals surface area contributed by atoms with E-state index in [9.17, 15) is 4.79 Å². The Labute approximate surface area is 187 Å². The molecule has 1 aromatic rings. The van der Waals surface area contributed by atoms with Gasteiger partial charge in [-0.1, -0.05) is 37.1 Å². The van der Waals surface area contributed by atoms with E-state index in [1.165, 1.54) is 49.9 Å². The van der Waals surface area contributed by atoms with Crippen molar-refractivity contribution in [3.63, 3.8) is 0 Å². The van der Waals surface area contributed by atoms with Gasteiger partial charge in [0.25, 0.3) is 0 Å². The number of ether oxygens (including phenoxy) is 1. The topological polar surface area (TPSA) is 69.2 Å². The Kier molecular flexibility index (Phi) is 9.46. The second-order valence-corrected chi connectivity index (χ2v) is 8.54. The summed E-state index contributed by atoms with van der Waals surface area (Å²) in [6, 6.07) is 9.18. The van der Waals surface area contributed by atoms with E-state index in [1.807, 2.05) is 6.92 Å². The highest BCUT2D eigenvalue weighted by molar-refractivity contribution is 5.80. The number of nitrogens with one attached hydrogen (secondary N) is 2. The van der Waals surface area contributed by atoms with E-state index in [2.05, 4.69) is 44.8 Å². The van der Waals surface area contributed by atoms with E-state index in [-0.39, 0.29) is 6.09 Å². The number of rotatable bonds is 6. The molecule has 0 radical (unpaired) electrons. The van der Waals surface area contributed by atoms with Gasteiger partial charge in [-0.05, 0) is 56.8 Å². The van der Waals surface area contributed by atoms with Crippen LogP contribution in [0.4, 0.5) is 4.79 Å². The first-order valence-corrected chi connectivity index (χ1v) is 11.9. The third-order valence-electron chi connectivity index (χ3n) is 6.14. The zero-order valence-corrected chi connectivity index (χ0v) is 19.2. The number of aliphatic imine (C=N–C) groups is 1. The van der Waals surface area contributed by atoms with Crippen LogP contribution in [0.1, 0.15) is 56.6 Å². The lowest BCUT2D eigenvalue weighted by atomic mass is 10.1. The fourth-order valence-corrected chi connectivity index (χ4v) is 4.39. The minimum absolute atomic E-state index is 0.205. The van der Waals surface area contributed by atoms with Gasteiger partial charge in [0.15, 0.2) is 5.96 Å². The molecule has 2 saturated heterocycles. The molecular formula is C24H39N5O2. The van der Waals surface area contributed by atoms with Crippen molar-refractivity contribution < 1.29 is 9.53 Å². The van der Waals surface area contributed by atoms with Crippen molar-refractivity contribution in [2.75, 3.05) is 39.8 Å². The fraction of sp³-hybridized carbons (Fsp3) is 0.667. The second kappa shape index (κ2) is 12.5. The van der Waals surface area contributed by atoms with Crippen molar-refractivity contribution in [1.29, 1.82) is 0 Å². The van der Waals surface area contributed by atoms with Gasteiger partial charge in [0, 0.05) is 39.3 Å². The quantitative estimate of drug-likeness (QED) is 0.536. The first-order valence-electron chi connectivity index (χ1n) is 11.9. The summed E-state index contributed by atoms with van der Waals surface area (Å²) >= 11 is 0. The van der Waals surface area contributed by atoms with Crippen molar-refractivity contribution in [2.24, 2.45) is 4.99 Å². The molecule has 2 heterocycles. The molecule has 0 bridgehead atoms. The zero-order valence-electron chi connectivity index (χ0n) is 19.2. The number of nitrogens with zero attached hydrogens (tertiary/aromatic N) is 3. The van der Waals surface area contributed by atoms with Gasteiger partial charge in [0.1, 0.15) is 0 Å². The Hall–Kier alpha value is -2.28. The number of benzene rings is 1. The van der Waals surface area contributed by atoms with Crippen molar-refractivity contribution in [3.05, 3.63) is 35.4 Å². The van der Waals surface area contributed by atoms with Crippen LogP contribution in [0.25, 0.3) is 0 Å². The van der Waals surface area contributed by atoms with E-state index in [0.29, 0.717) is 25.7 Å². The first kappa shape index (κ1) is 23.4. The summed E-state index contributed by atoms with van der Waals surface area (Å²) in [5, 5.41) is 6.95. The summed E-state index contributed by atoms with van der Waals surface area (Å²) in [5.41, 5.74) is 2.66. The normalized spacial score (nSPS) is 19.0. The van der Waals surface area contributed by atoms with Gasteiger partial charge >= 0.3 is 6.09 Å². The van der Waals surface area contributed by atoms with Gasteiger partial charge < -0.3 is 20.3 Å². The van der Waals surface area contributed by atoms with Crippen LogP contribution in [0.15, 0.2) is 29.3 Å². The molecule has 2 aliphatic rings. The van der Waals surface area contributed by atoms with Gasteiger partial charge in [-0.3, -0.25) is 9.89 Å². The lowest BCUT2D eigenvalue weighted by molar-refractivity contribution is 0.0963. The van der Waals surface area contributed by atoms with E-state index < -0.39 is 0 Å². The minimum Gasteiger partial charge on any atom is -0.450 e. The number of amides is 1. The molecule has 0 aromatic heterocycles. The predicted molar refractivity (Wildman–Crippen MR) is 125 cm³/mol. The third-order valence-corrected chi connectivity index (χ3v) is 6.14. The summed E-state index contributed by atoms with van der Waals surface area (Å²) in [7, 11) is 1.80. The molecule has 2 aliphatic heterocycles. The van der Waals surface area contributed by atoms with Crippen LogP contribution in [0.3, 0.4) is 0 Å². The monoisotopic (exact) mass is 429 g/mol. The lowest BCUT2D eigenvalue weighted by Gasteiger charge is -2.32. The fourth-order valence-electron chi connectivity index (χ4n) is 4.39. The molecule has 31 heavy (non-hydrogen) atoms. The van der Waals surface area contributed by atoms with E-state index in [4.69, 9.17) is 4.74 Å². The van der Waals surface area contributed by atoms with E-state index in [0.717, 1.165) is 31.9 Å². The molecular weight excluding hydrogens is 390 g/mol. The largest absolute Gasteiger partial charge is 0.450 e. The average molecular weight is 430 g/mol. The maximum absolute atomic E-state index is 11.9. The maximum atomic E-state index is 11.9. The second-order valence-electron chi connectivity index (χ2n) is 8.54. The SMILES string of the molecule is CCOC(=O)N1CCC(NC(=NC)NCc2cccc(CN3CCCCCC3)c2)CC1. The number of carbonyl (C=O) groups excluding carboxylic acids is 1. The molecule has 172 valence electrons. The third kappa shape index (κ3) is 7.73. The van der Waals surface area contributed by atoms with E-state index in [1.54, 1.807) is 11.9 Å². The van der Waals surface area contributed by atoms with Crippen LogP contribution in [-0.2, 0) is 17.8 Å². The molecule has 1 aromatic carbocycles. The summed E-state index contributed by atoms with van der Waals surface area (Å²) in [5.74, 6) is 0.813. The molecule has 2 fully saturated rings. The Morgan fingerprint density at radius 3 is 2.48 bits per heavy atom. The molecule has 1 amide bonds. The van der Waals surface area contributed by atoms with E-state index >= 15 is 0 Å². The highest BCUT2D eigenvalue weighted by Gasteiger charge is 2.24. The van der Waals surface area contributed by atoms with Crippen LogP contribution in [0, 0.1) is 0 Å². The van der Waals surface area contributed by atoms with Gasteiger partial charge in [0.05, 0.1) is 6.61 Å². The molecule has 0 spiro atoms. The van der Waals surface area contributed by atoms with Gasteiger partial charge in [-0.25, -0.2) is 4.79 Å². The number of hydrogen-bond acceptors (Lipinski definition) is 4. The Morgan fingerprint density at radius 2 is 1.81 bits per heavy atom. The molecule has 0 saturated carbocycles. The summed E-state index contributed by atoms with van der Waals surface area (Å²) in [4.78, 5) is 20.6. The van der Waals surface area contributed by atoms with Crippen molar-refractivity contribution >= 4 is 12.1 Å². The number of likely N-dealkylation sites (tertiary alicyclic amines) is 2. The van der Waals surface area contributed by atoms with Crippen LogP contribution >= 0.6 is 0 Å². The highest BCUT2D eigenvalue weighted by Crippen LogP contribution is 2.15. The molecule has 7 heteroatoms. The standard InChI is InChI=1S/C24H39N5O2/c1-3-31-24(30)29-15-11-22(12-16-29)27-23(25-2)26-18-20-9-8-10-21(17-20)19-28-13-6-4-5-7-14-28/h8-10,17,22H,3-7,11-16,18-19H2,1-2H3,(H2,25,26,27). The smallest absolute Gasteiger partial charge is 0.409 e. The van der Waals surface area contributed by atoms with Gasteiger partial charge in [-0.2, -0.15) is 0 Å². The van der Waals surface area contributed by atoms with Crippen molar-refractivity contribution in [3.8, 4) is 0 Å². The Morgan fingerprint density at radius 1 is 1.10 bits per heavy atom. The number of hydrogen-bond donors (Lipinski definition) is 2. The summed E-state index contributed by atoms with van der Waals surface area (Å²) < 4.78 is 5.10. The molecule has 2 N–H and O–H groups in total. The average Bonchev–Trinajstić information content (AvgIpc) is 3.06. The Bertz CT molecular complexity index is 708. The molecule has 0 aliphatic carbocycles. The van der Waals surface area contributed by atoms with Crippen molar-refractivity contribution in [2.45, 2.75) is 64.6 Å². The van der Waals surface area contributed by atoms with Crippen LogP contribution in [0.2, 0.25) is 0 Å². The summed E-state index contributed by atoms with van der Waals surface area (Å²) in [6.07, 6.45) is 6.96. The molecule has 0 atom stereocenters. The van der Waals surface area contributed by atoms with Gasteiger partial charge in [-0.15, -0.1) is 0 Å². The van der Waals surface area contributed by atoms with Gasteiger partial charge in [0.2, 0.25) is 0 Å². The summed E-state index contributed by atoms with van der Waals surface area (Å²) in [6.45, 7) is 7.91. The van der Waals surface area contributed by atoms with Crippen LogP contribution < -0.4 is 10.6 Å². The minimum atomic E-state index is -0.205. The number of carbonyl (C=O) groups is 1. The van der Waals surface area contributed by atoms with Crippen LogP contribution in [-0.4, -0.2) is 67.7 Å². The number of piperidine rings is 1. The van der Waals surface area contributed by atoms with Crippen LogP contribution in [0.5, 0.6) is 0 Å².